The highest BCUT2D eigenvalue weighted by Crippen LogP contribution is 2.22. The number of carbonyl (C=O) groups is 1. The van der Waals surface area contributed by atoms with Crippen molar-refractivity contribution < 1.29 is 22.3 Å². The monoisotopic (exact) mass is 440 g/mol. The van der Waals surface area contributed by atoms with Crippen molar-refractivity contribution in [2.75, 3.05) is 20.2 Å². The van der Waals surface area contributed by atoms with Crippen molar-refractivity contribution in [1.82, 2.24) is 9.62 Å². The van der Waals surface area contributed by atoms with Crippen molar-refractivity contribution in [1.29, 1.82) is 0 Å². The summed E-state index contributed by atoms with van der Waals surface area (Å²) in [5, 5.41) is 0.222. The second kappa shape index (κ2) is 9.21. The van der Waals surface area contributed by atoms with E-state index in [0.29, 0.717) is 6.61 Å². The third-order valence-corrected chi connectivity index (χ3v) is 6.50. The Morgan fingerprint density at radius 1 is 1.31 bits per heavy atom. The lowest BCUT2D eigenvalue weighted by Crippen LogP contribution is -2.32. The molecule has 1 aliphatic heterocycles. The third kappa shape index (κ3) is 5.33. The van der Waals surface area contributed by atoms with Gasteiger partial charge in [-0.15, -0.1) is 0 Å². The quantitative estimate of drug-likeness (QED) is 0.717. The minimum Gasteiger partial charge on any atom is -0.377 e. The van der Waals surface area contributed by atoms with Crippen LogP contribution in [-0.4, -0.2) is 45.5 Å². The zero-order valence-electron chi connectivity index (χ0n) is 15.9. The van der Waals surface area contributed by atoms with E-state index < -0.39 is 21.7 Å². The van der Waals surface area contributed by atoms with Crippen LogP contribution in [-0.2, 0) is 21.3 Å². The zero-order chi connectivity index (χ0) is 21.0. The first-order chi connectivity index (χ1) is 13.8. The average molecular weight is 441 g/mol. The number of hydrogen-bond acceptors (Lipinski definition) is 4. The number of ether oxygens (including phenoxy) is 1. The highest BCUT2D eigenvalue weighted by atomic mass is 35.5. The van der Waals surface area contributed by atoms with Crippen molar-refractivity contribution in [3.05, 3.63) is 64.4 Å². The molecular formula is C20H22ClFN2O4S. The molecule has 1 atom stereocenters. The molecule has 1 heterocycles. The lowest BCUT2D eigenvalue weighted by molar-refractivity contribution is 0.0783. The van der Waals surface area contributed by atoms with Crippen LogP contribution < -0.4 is 4.72 Å². The minimum atomic E-state index is -3.78. The maximum atomic E-state index is 14.0. The number of sulfonamides is 1. The van der Waals surface area contributed by atoms with Crippen LogP contribution in [0.1, 0.15) is 28.8 Å². The first kappa shape index (κ1) is 21.7. The molecule has 1 amide bonds. The van der Waals surface area contributed by atoms with E-state index >= 15 is 0 Å². The highest BCUT2D eigenvalue weighted by Gasteiger charge is 2.22. The molecule has 0 aliphatic carbocycles. The molecule has 1 unspecified atom stereocenters. The van der Waals surface area contributed by atoms with Gasteiger partial charge in [-0.25, -0.2) is 17.5 Å². The smallest absolute Gasteiger partial charge is 0.253 e. The van der Waals surface area contributed by atoms with E-state index in [1.807, 2.05) is 0 Å². The summed E-state index contributed by atoms with van der Waals surface area (Å²) in [4.78, 5) is 14.0. The third-order valence-electron chi connectivity index (χ3n) is 4.72. The van der Waals surface area contributed by atoms with Crippen molar-refractivity contribution in [3.8, 4) is 0 Å². The Labute approximate surface area is 174 Å². The van der Waals surface area contributed by atoms with Crippen molar-refractivity contribution in [3.63, 3.8) is 0 Å². The van der Waals surface area contributed by atoms with E-state index in [1.165, 1.54) is 48.3 Å². The molecule has 6 nitrogen and oxygen atoms in total. The van der Waals surface area contributed by atoms with E-state index in [-0.39, 0.29) is 40.2 Å². The summed E-state index contributed by atoms with van der Waals surface area (Å²) in [6.07, 6.45) is 1.59. The number of halogens is 2. The van der Waals surface area contributed by atoms with Gasteiger partial charge >= 0.3 is 0 Å². The van der Waals surface area contributed by atoms with Crippen LogP contribution in [0.15, 0.2) is 47.4 Å². The van der Waals surface area contributed by atoms with Crippen LogP contribution >= 0.6 is 11.6 Å². The SMILES string of the molecule is CN(Cc1c(F)cccc1Cl)C(=O)c1cccc(S(=O)(=O)NCC2CCCO2)c1. The Bertz CT molecular complexity index is 973. The Morgan fingerprint density at radius 2 is 2.07 bits per heavy atom. The molecule has 1 aliphatic rings. The zero-order valence-corrected chi connectivity index (χ0v) is 17.5. The van der Waals surface area contributed by atoms with Gasteiger partial charge in [0.05, 0.1) is 11.0 Å². The number of hydrogen-bond donors (Lipinski definition) is 1. The van der Waals surface area contributed by atoms with Crippen molar-refractivity contribution >= 4 is 27.5 Å². The molecule has 2 aromatic rings. The van der Waals surface area contributed by atoms with Gasteiger partial charge in [0.25, 0.3) is 5.91 Å². The minimum absolute atomic E-state index is 0.0151. The maximum Gasteiger partial charge on any atom is 0.253 e. The van der Waals surface area contributed by atoms with Gasteiger partial charge in [0.1, 0.15) is 5.82 Å². The van der Waals surface area contributed by atoms with Crippen LogP contribution in [0, 0.1) is 5.82 Å². The first-order valence-corrected chi connectivity index (χ1v) is 11.0. The lowest BCUT2D eigenvalue weighted by atomic mass is 10.1. The summed E-state index contributed by atoms with van der Waals surface area (Å²) < 4.78 is 47.0. The van der Waals surface area contributed by atoms with Gasteiger partial charge in [0.15, 0.2) is 0 Å². The molecule has 9 heteroatoms. The van der Waals surface area contributed by atoms with Gasteiger partial charge in [0, 0.05) is 42.9 Å². The molecule has 0 bridgehead atoms. The fourth-order valence-corrected chi connectivity index (χ4v) is 4.43. The molecular weight excluding hydrogens is 419 g/mol. The fourth-order valence-electron chi connectivity index (χ4n) is 3.10. The van der Waals surface area contributed by atoms with Crippen LogP contribution in [0.5, 0.6) is 0 Å². The van der Waals surface area contributed by atoms with Crippen LogP contribution in [0.3, 0.4) is 0 Å². The van der Waals surface area contributed by atoms with Gasteiger partial charge in [-0.1, -0.05) is 23.7 Å². The maximum absolute atomic E-state index is 14.0. The molecule has 1 fully saturated rings. The molecule has 0 saturated carbocycles. The largest absolute Gasteiger partial charge is 0.377 e. The van der Waals surface area contributed by atoms with E-state index in [1.54, 1.807) is 6.07 Å². The summed E-state index contributed by atoms with van der Waals surface area (Å²) in [6, 6.07) is 10.0. The van der Waals surface area contributed by atoms with E-state index in [0.717, 1.165) is 12.8 Å². The number of carbonyl (C=O) groups excluding carboxylic acids is 1. The molecule has 156 valence electrons. The summed E-state index contributed by atoms with van der Waals surface area (Å²) in [5.41, 5.74) is 0.381. The number of rotatable bonds is 7. The standard InChI is InChI=1S/C20H22ClFN2O4S/c1-24(13-17-18(21)8-3-9-19(17)22)20(25)14-5-2-7-16(11-14)29(26,27)23-12-15-6-4-10-28-15/h2-3,5,7-9,11,15,23H,4,6,10,12-13H2,1H3. The normalized spacial score (nSPS) is 16.7. The molecule has 1 N–H and O–H groups in total. The second-order valence-electron chi connectivity index (χ2n) is 6.88. The van der Waals surface area contributed by atoms with Crippen LogP contribution in [0.2, 0.25) is 5.02 Å². The van der Waals surface area contributed by atoms with Gasteiger partial charge in [-0.2, -0.15) is 0 Å². The lowest BCUT2D eigenvalue weighted by Gasteiger charge is -2.19. The predicted octanol–water partition coefficient (Wildman–Crippen LogP) is 3.21. The number of benzene rings is 2. The number of amides is 1. The van der Waals surface area contributed by atoms with E-state index in [4.69, 9.17) is 16.3 Å². The highest BCUT2D eigenvalue weighted by molar-refractivity contribution is 7.89. The topological polar surface area (TPSA) is 75.7 Å². The summed E-state index contributed by atoms with van der Waals surface area (Å²) >= 11 is 6.02. The molecule has 1 saturated heterocycles. The van der Waals surface area contributed by atoms with Gasteiger partial charge in [-0.3, -0.25) is 4.79 Å². The van der Waals surface area contributed by atoms with Crippen LogP contribution in [0.25, 0.3) is 0 Å². The molecule has 29 heavy (non-hydrogen) atoms. The fraction of sp³-hybridized carbons (Fsp3) is 0.350. The molecule has 2 aromatic carbocycles. The van der Waals surface area contributed by atoms with E-state index in [2.05, 4.69) is 4.72 Å². The first-order valence-electron chi connectivity index (χ1n) is 9.17. The summed E-state index contributed by atoms with van der Waals surface area (Å²) in [5.74, 6) is -0.952. The average Bonchev–Trinajstić information content (AvgIpc) is 3.22. The summed E-state index contributed by atoms with van der Waals surface area (Å²) in [7, 11) is -2.28. The Kier molecular flexibility index (Phi) is 6.89. The number of nitrogens with one attached hydrogen (secondary N) is 1. The molecule has 0 spiro atoms. The van der Waals surface area contributed by atoms with Crippen LogP contribution in [0.4, 0.5) is 4.39 Å². The van der Waals surface area contributed by atoms with Gasteiger partial charge < -0.3 is 9.64 Å². The molecule has 0 aromatic heterocycles. The van der Waals surface area contributed by atoms with Gasteiger partial charge in [0.2, 0.25) is 10.0 Å². The second-order valence-corrected chi connectivity index (χ2v) is 9.05. The summed E-state index contributed by atoms with van der Waals surface area (Å²) in [6.45, 7) is 0.777. The molecule has 3 rings (SSSR count). The van der Waals surface area contributed by atoms with E-state index in [9.17, 15) is 17.6 Å². The van der Waals surface area contributed by atoms with Crippen molar-refractivity contribution in [2.45, 2.75) is 30.4 Å². The van der Waals surface area contributed by atoms with Crippen molar-refractivity contribution in [2.24, 2.45) is 0 Å². The predicted molar refractivity (Wildman–Crippen MR) is 108 cm³/mol. The Hall–Kier alpha value is -2.00. The number of nitrogens with zero attached hydrogens (tertiary/aromatic N) is 1. The van der Waals surface area contributed by atoms with Gasteiger partial charge in [-0.05, 0) is 43.2 Å². The molecule has 0 radical (unpaired) electrons. The Morgan fingerprint density at radius 3 is 2.76 bits per heavy atom. The Balaban J connectivity index is 1.73.